The van der Waals surface area contributed by atoms with Crippen LogP contribution >= 0.6 is 0 Å². The molecule has 2 heterocycles. The van der Waals surface area contributed by atoms with Crippen LogP contribution in [0.3, 0.4) is 0 Å². The van der Waals surface area contributed by atoms with Crippen molar-refractivity contribution in [2.24, 2.45) is 0 Å². The highest BCUT2D eigenvalue weighted by molar-refractivity contribution is 6.09. The van der Waals surface area contributed by atoms with E-state index in [1.807, 2.05) is 48.5 Å². The predicted molar refractivity (Wildman–Crippen MR) is 123 cm³/mol. The van der Waals surface area contributed by atoms with E-state index < -0.39 is 11.1 Å². The van der Waals surface area contributed by atoms with Crippen LogP contribution in [0, 0.1) is 0 Å². The summed E-state index contributed by atoms with van der Waals surface area (Å²) in [6.07, 6.45) is 0. The van der Waals surface area contributed by atoms with Gasteiger partial charge in [-0.1, -0.05) is 66.7 Å². The van der Waals surface area contributed by atoms with Crippen LogP contribution in [0.1, 0.15) is 0 Å². The second-order valence-corrected chi connectivity index (χ2v) is 7.53. The first-order valence-corrected chi connectivity index (χ1v) is 9.95. The van der Waals surface area contributed by atoms with Crippen molar-refractivity contribution in [3.63, 3.8) is 0 Å². The Labute approximate surface area is 175 Å². The largest absolute Gasteiger partial charge is 0.455 e. The number of fused-ring (bicyclic) bond motifs is 4. The Balaban J connectivity index is 1.45. The van der Waals surface area contributed by atoms with E-state index in [0.29, 0.717) is 11.0 Å². The number of rotatable bonds is 2. The van der Waals surface area contributed by atoms with E-state index in [-0.39, 0.29) is 0 Å². The summed E-state index contributed by atoms with van der Waals surface area (Å²) in [6, 6.07) is 28.1. The molecule has 6 aromatic rings. The number of H-pyrrole nitrogens is 2. The van der Waals surface area contributed by atoms with Gasteiger partial charge in [-0.15, -0.1) is 0 Å². The summed E-state index contributed by atoms with van der Waals surface area (Å²) < 4.78 is 6.16. The first kappa shape index (κ1) is 17.5. The minimum atomic E-state index is -0.654. The zero-order valence-electron chi connectivity index (χ0n) is 16.3. The van der Waals surface area contributed by atoms with Crippen molar-refractivity contribution < 1.29 is 4.42 Å². The van der Waals surface area contributed by atoms with Gasteiger partial charge in [-0.05, 0) is 34.9 Å². The Morgan fingerprint density at radius 3 is 2.10 bits per heavy atom. The van der Waals surface area contributed by atoms with Gasteiger partial charge in [-0.2, -0.15) is 0 Å². The zero-order valence-corrected chi connectivity index (χ0v) is 16.3. The Morgan fingerprint density at radius 2 is 1.26 bits per heavy atom. The lowest BCUT2D eigenvalue weighted by Gasteiger charge is -2.07. The van der Waals surface area contributed by atoms with Crippen molar-refractivity contribution in [1.82, 2.24) is 9.97 Å². The van der Waals surface area contributed by atoms with Gasteiger partial charge in [0.05, 0.1) is 11.0 Å². The highest BCUT2D eigenvalue weighted by Crippen LogP contribution is 2.36. The number of nitrogens with one attached hydrogen (secondary N) is 2. The minimum absolute atomic E-state index is 0.596. The molecule has 5 nitrogen and oxygen atoms in total. The topological polar surface area (TPSA) is 78.9 Å². The monoisotopic (exact) mass is 404 g/mol. The quantitative estimate of drug-likeness (QED) is 0.377. The van der Waals surface area contributed by atoms with Crippen molar-refractivity contribution in [3.05, 3.63) is 106 Å². The molecule has 5 heteroatoms. The molecule has 6 rings (SSSR count). The van der Waals surface area contributed by atoms with Gasteiger partial charge in [-0.25, -0.2) is 0 Å². The van der Waals surface area contributed by atoms with Crippen LogP contribution in [0.5, 0.6) is 0 Å². The highest BCUT2D eigenvalue weighted by atomic mass is 16.3. The van der Waals surface area contributed by atoms with E-state index in [9.17, 15) is 9.59 Å². The lowest BCUT2D eigenvalue weighted by Crippen LogP contribution is -2.28. The van der Waals surface area contributed by atoms with Gasteiger partial charge in [0.1, 0.15) is 11.2 Å². The minimum Gasteiger partial charge on any atom is -0.455 e. The van der Waals surface area contributed by atoms with Gasteiger partial charge >= 0.3 is 11.1 Å². The number of furan rings is 1. The van der Waals surface area contributed by atoms with Crippen molar-refractivity contribution >= 4 is 33.0 Å². The third-order valence-corrected chi connectivity index (χ3v) is 5.66. The van der Waals surface area contributed by atoms with Gasteiger partial charge in [0.2, 0.25) is 0 Å². The maximum absolute atomic E-state index is 11.6. The number of para-hydroxylation sites is 2. The molecule has 0 aliphatic carbocycles. The molecule has 0 saturated carbocycles. The summed E-state index contributed by atoms with van der Waals surface area (Å²) in [5.41, 5.74) is 5.71. The highest BCUT2D eigenvalue weighted by Gasteiger charge is 2.12. The Kier molecular flexibility index (Phi) is 3.70. The average molecular weight is 404 g/mol. The van der Waals surface area contributed by atoms with Crippen molar-refractivity contribution in [2.45, 2.75) is 0 Å². The van der Waals surface area contributed by atoms with Crippen molar-refractivity contribution in [2.75, 3.05) is 0 Å². The smallest absolute Gasteiger partial charge is 0.314 e. The van der Waals surface area contributed by atoms with Crippen molar-refractivity contribution in [3.8, 4) is 22.3 Å². The summed E-state index contributed by atoms with van der Waals surface area (Å²) >= 11 is 0. The first-order chi connectivity index (χ1) is 15.2. The third-order valence-electron chi connectivity index (χ3n) is 5.66. The first-order valence-electron chi connectivity index (χ1n) is 9.95. The van der Waals surface area contributed by atoms with E-state index in [0.717, 1.165) is 44.2 Å². The van der Waals surface area contributed by atoms with Crippen LogP contribution in [-0.4, -0.2) is 9.97 Å². The summed E-state index contributed by atoms with van der Waals surface area (Å²) in [5.74, 6) is 0. The third kappa shape index (κ3) is 2.79. The summed E-state index contributed by atoms with van der Waals surface area (Å²) in [7, 11) is 0. The molecule has 0 fully saturated rings. The van der Waals surface area contributed by atoms with E-state index >= 15 is 0 Å². The SMILES string of the molecule is O=c1[nH]c2ccc(-c3ccc(-c4cccc5c4oc4ccccc45)cc3)cc2[nH]c1=O. The summed E-state index contributed by atoms with van der Waals surface area (Å²) in [5, 5.41) is 2.21. The van der Waals surface area contributed by atoms with Crippen LogP contribution in [0.2, 0.25) is 0 Å². The van der Waals surface area contributed by atoms with Gasteiger partial charge in [0.25, 0.3) is 0 Å². The molecule has 0 amide bonds. The molecular formula is C26H16N2O3. The zero-order chi connectivity index (χ0) is 20.9. The van der Waals surface area contributed by atoms with Crippen LogP contribution < -0.4 is 11.1 Å². The molecule has 148 valence electrons. The molecule has 0 spiro atoms. The fraction of sp³-hybridized carbons (Fsp3) is 0. The molecule has 31 heavy (non-hydrogen) atoms. The molecule has 2 N–H and O–H groups in total. The van der Waals surface area contributed by atoms with Gasteiger partial charge in [-0.3, -0.25) is 9.59 Å². The van der Waals surface area contributed by atoms with Crippen LogP contribution in [-0.2, 0) is 0 Å². The predicted octanol–water partition coefficient (Wildman–Crippen LogP) is 5.45. The summed E-state index contributed by atoms with van der Waals surface area (Å²) in [4.78, 5) is 28.4. The van der Waals surface area contributed by atoms with E-state index in [1.54, 1.807) is 6.07 Å². The van der Waals surface area contributed by atoms with E-state index in [1.165, 1.54) is 0 Å². The molecule has 0 aliphatic heterocycles. The molecule has 0 unspecified atom stereocenters. The lowest BCUT2D eigenvalue weighted by molar-refractivity contribution is 0.670. The van der Waals surface area contributed by atoms with Crippen molar-refractivity contribution in [1.29, 1.82) is 0 Å². The second kappa shape index (κ2) is 6.57. The number of aromatic amines is 2. The van der Waals surface area contributed by atoms with E-state index in [2.05, 4.69) is 40.3 Å². The number of hydrogen-bond donors (Lipinski definition) is 2. The van der Waals surface area contributed by atoms with Crippen LogP contribution in [0.4, 0.5) is 0 Å². The second-order valence-electron chi connectivity index (χ2n) is 7.53. The van der Waals surface area contributed by atoms with Crippen LogP contribution in [0.25, 0.3) is 55.2 Å². The van der Waals surface area contributed by atoms with Gasteiger partial charge < -0.3 is 14.4 Å². The Morgan fingerprint density at radius 1 is 0.581 bits per heavy atom. The van der Waals surface area contributed by atoms with Crippen LogP contribution in [0.15, 0.2) is 98.9 Å². The number of benzene rings is 4. The molecule has 0 aliphatic rings. The number of aromatic nitrogens is 2. The maximum atomic E-state index is 11.6. The lowest BCUT2D eigenvalue weighted by atomic mass is 9.98. The molecule has 0 saturated heterocycles. The van der Waals surface area contributed by atoms with Gasteiger partial charge in [0.15, 0.2) is 0 Å². The fourth-order valence-corrected chi connectivity index (χ4v) is 4.11. The van der Waals surface area contributed by atoms with E-state index in [4.69, 9.17) is 4.42 Å². The maximum Gasteiger partial charge on any atom is 0.314 e. The normalized spacial score (nSPS) is 11.5. The Bertz CT molecular complexity index is 1720. The molecule has 2 aromatic heterocycles. The van der Waals surface area contributed by atoms with Gasteiger partial charge in [0, 0.05) is 16.3 Å². The molecule has 0 atom stereocenters. The summed E-state index contributed by atoms with van der Waals surface area (Å²) in [6.45, 7) is 0. The number of hydrogen-bond acceptors (Lipinski definition) is 3. The standard InChI is InChI=1S/C26H16N2O3/c29-25-26(30)28-22-14-17(12-13-21(22)27-25)15-8-10-16(11-9-15)18-5-3-6-20-19-4-1-2-7-23(19)31-24(18)20/h1-14H,(H,27,29)(H,28,30). The molecule has 4 aromatic carbocycles. The average Bonchev–Trinajstić information content (AvgIpc) is 3.19. The molecular weight excluding hydrogens is 388 g/mol. The molecule has 0 bridgehead atoms. The fourth-order valence-electron chi connectivity index (χ4n) is 4.11. The molecule has 0 radical (unpaired) electrons. The Hall–Kier alpha value is -4.38.